The lowest BCUT2D eigenvalue weighted by atomic mass is 10.1. The highest BCUT2D eigenvalue weighted by atomic mass is 16.5. The SMILES string of the molecule is Cc1nc2nc(N3CCOCC3)nc(C3=CCCC3)c2nc1C.Cn1cccn1. The minimum atomic E-state index is 0.701. The van der Waals surface area contributed by atoms with Crippen LogP contribution >= 0.6 is 0 Å². The van der Waals surface area contributed by atoms with Crippen molar-refractivity contribution < 1.29 is 4.74 Å². The maximum Gasteiger partial charge on any atom is 0.228 e. The third-order valence-corrected chi connectivity index (χ3v) is 5.21. The Bertz CT molecular complexity index is 1010. The van der Waals surface area contributed by atoms with Gasteiger partial charge in [0.2, 0.25) is 5.95 Å². The normalized spacial score (nSPS) is 16.5. The Morgan fingerprint density at radius 2 is 1.79 bits per heavy atom. The number of rotatable bonds is 2. The number of aromatic nitrogens is 6. The molecule has 0 spiro atoms. The van der Waals surface area contributed by atoms with E-state index in [1.54, 1.807) is 10.9 Å². The molecule has 1 saturated heterocycles. The lowest BCUT2D eigenvalue weighted by Crippen LogP contribution is -2.37. The Hall–Kier alpha value is -2.87. The topological polar surface area (TPSA) is 81.9 Å². The van der Waals surface area contributed by atoms with Crippen molar-refractivity contribution in [3.8, 4) is 0 Å². The molecule has 3 aromatic heterocycles. The highest BCUT2D eigenvalue weighted by molar-refractivity contribution is 5.86. The van der Waals surface area contributed by atoms with Gasteiger partial charge in [0, 0.05) is 32.5 Å². The number of nitrogens with zero attached hydrogens (tertiary/aromatic N) is 7. The van der Waals surface area contributed by atoms with Gasteiger partial charge in [0.15, 0.2) is 5.65 Å². The second-order valence-electron chi connectivity index (χ2n) is 7.34. The average Bonchev–Trinajstić information content (AvgIpc) is 3.43. The zero-order valence-electron chi connectivity index (χ0n) is 17.3. The van der Waals surface area contributed by atoms with Crippen molar-refractivity contribution in [1.82, 2.24) is 29.7 Å². The molecule has 0 N–H and O–H groups in total. The summed E-state index contributed by atoms with van der Waals surface area (Å²) in [4.78, 5) is 21.1. The third kappa shape index (κ3) is 4.42. The number of morpholine rings is 1. The Morgan fingerprint density at radius 1 is 1.00 bits per heavy atom. The molecule has 2 aliphatic rings. The molecule has 0 saturated carbocycles. The molecule has 29 heavy (non-hydrogen) atoms. The standard InChI is InChI=1S/C17H21N5O.C4H6N2/c1-11-12(2)19-16-15(18-11)14(13-5-3-4-6-13)20-17(21-16)22-7-9-23-10-8-22;1-6-4-2-3-5-6/h5H,3-4,6-10H2,1-2H3;2-4H,1H3. The van der Waals surface area contributed by atoms with Crippen LogP contribution in [0.3, 0.4) is 0 Å². The van der Waals surface area contributed by atoms with Crippen LogP contribution in [-0.4, -0.2) is 56.0 Å². The predicted octanol–water partition coefficient (Wildman–Crippen LogP) is 2.86. The molecule has 5 rings (SSSR count). The fourth-order valence-corrected chi connectivity index (χ4v) is 3.46. The summed E-state index contributed by atoms with van der Waals surface area (Å²) in [6.45, 7) is 7.05. The van der Waals surface area contributed by atoms with E-state index in [0.29, 0.717) is 5.65 Å². The summed E-state index contributed by atoms with van der Waals surface area (Å²) >= 11 is 0. The van der Waals surface area contributed by atoms with Crippen LogP contribution in [0.4, 0.5) is 5.95 Å². The molecule has 4 heterocycles. The molecule has 1 fully saturated rings. The number of aryl methyl sites for hydroxylation is 3. The highest BCUT2D eigenvalue weighted by Crippen LogP contribution is 2.31. The summed E-state index contributed by atoms with van der Waals surface area (Å²) in [5.41, 5.74) is 5.65. The van der Waals surface area contributed by atoms with Crippen LogP contribution in [0.1, 0.15) is 36.3 Å². The first-order valence-electron chi connectivity index (χ1n) is 10.1. The van der Waals surface area contributed by atoms with E-state index in [2.05, 4.69) is 21.1 Å². The Morgan fingerprint density at radius 3 is 2.41 bits per heavy atom. The van der Waals surface area contributed by atoms with Crippen LogP contribution in [0.5, 0.6) is 0 Å². The molecule has 3 aromatic rings. The number of anilines is 1. The zero-order chi connectivity index (χ0) is 20.2. The first-order chi connectivity index (χ1) is 14.1. The van der Waals surface area contributed by atoms with Crippen LogP contribution in [0, 0.1) is 13.8 Å². The predicted molar refractivity (Wildman–Crippen MR) is 113 cm³/mol. The van der Waals surface area contributed by atoms with Gasteiger partial charge in [0.25, 0.3) is 0 Å². The largest absolute Gasteiger partial charge is 0.378 e. The van der Waals surface area contributed by atoms with Gasteiger partial charge in [0.1, 0.15) is 5.52 Å². The van der Waals surface area contributed by atoms with Crippen LogP contribution in [0.15, 0.2) is 24.5 Å². The number of allylic oxidation sites excluding steroid dienone is 2. The molecule has 8 heteroatoms. The second kappa shape index (κ2) is 8.65. The van der Waals surface area contributed by atoms with E-state index in [1.807, 2.05) is 33.2 Å². The first-order valence-corrected chi connectivity index (χ1v) is 10.1. The van der Waals surface area contributed by atoms with Crippen molar-refractivity contribution in [3.63, 3.8) is 0 Å². The second-order valence-corrected chi connectivity index (χ2v) is 7.34. The van der Waals surface area contributed by atoms with Crippen molar-refractivity contribution >= 4 is 22.7 Å². The van der Waals surface area contributed by atoms with E-state index in [9.17, 15) is 0 Å². The fourth-order valence-electron chi connectivity index (χ4n) is 3.46. The molecular formula is C21H27N7O. The van der Waals surface area contributed by atoms with E-state index in [-0.39, 0.29) is 0 Å². The van der Waals surface area contributed by atoms with Gasteiger partial charge in [-0.25, -0.2) is 15.0 Å². The molecule has 0 unspecified atom stereocenters. The van der Waals surface area contributed by atoms with Crippen molar-refractivity contribution in [2.75, 3.05) is 31.2 Å². The van der Waals surface area contributed by atoms with E-state index in [1.165, 1.54) is 12.0 Å². The molecule has 0 amide bonds. The van der Waals surface area contributed by atoms with Crippen molar-refractivity contribution in [3.05, 3.63) is 41.6 Å². The quantitative estimate of drug-likeness (QED) is 0.662. The molecule has 0 bridgehead atoms. The minimum Gasteiger partial charge on any atom is -0.378 e. The lowest BCUT2D eigenvalue weighted by Gasteiger charge is -2.27. The van der Waals surface area contributed by atoms with Crippen molar-refractivity contribution in [2.24, 2.45) is 7.05 Å². The zero-order valence-corrected chi connectivity index (χ0v) is 17.3. The minimum absolute atomic E-state index is 0.701. The van der Waals surface area contributed by atoms with Gasteiger partial charge in [-0.1, -0.05) is 6.08 Å². The molecule has 152 valence electrons. The maximum atomic E-state index is 5.44. The Kier molecular flexibility index (Phi) is 5.80. The van der Waals surface area contributed by atoms with Crippen molar-refractivity contribution in [1.29, 1.82) is 0 Å². The fraction of sp³-hybridized carbons (Fsp3) is 0.476. The summed E-state index contributed by atoms with van der Waals surface area (Å²) in [7, 11) is 1.89. The summed E-state index contributed by atoms with van der Waals surface area (Å²) in [5, 5.41) is 3.83. The van der Waals surface area contributed by atoms with E-state index in [4.69, 9.17) is 19.7 Å². The van der Waals surface area contributed by atoms with Gasteiger partial charge >= 0.3 is 0 Å². The molecule has 1 aliphatic carbocycles. The summed E-state index contributed by atoms with van der Waals surface area (Å²) in [6.07, 6.45) is 9.28. The van der Waals surface area contributed by atoms with Gasteiger partial charge in [-0.2, -0.15) is 10.1 Å². The monoisotopic (exact) mass is 393 g/mol. The van der Waals surface area contributed by atoms with E-state index < -0.39 is 0 Å². The van der Waals surface area contributed by atoms with E-state index in [0.717, 1.165) is 67.7 Å². The Balaban J connectivity index is 0.000000294. The molecule has 8 nitrogen and oxygen atoms in total. The molecule has 0 atom stereocenters. The van der Waals surface area contributed by atoms with Crippen LogP contribution in [0.25, 0.3) is 16.7 Å². The summed E-state index contributed by atoms with van der Waals surface area (Å²) in [6, 6.07) is 1.89. The van der Waals surface area contributed by atoms with E-state index >= 15 is 0 Å². The Labute approximate surface area is 170 Å². The molecule has 0 radical (unpaired) electrons. The smallest absolute Gasteiger partial charge is 0.228 e. The lowest BCUT2D eigenvalue weighted by molar-refractivity contribution is 0.122. The number of hydrogen-bond donors (Lipinski definition) is 0. The first kappa shape index (κ1) is 19.4. The van der Waals surface area contributed by atoms with Gasteiger partial charge in [-0.3, -0.25) is 4.68 Å². The van der Waals surface area contributed by atoms with Gasteiger partial charge in [-0.05, 0) is 44.7 Å². The van der Waals surface area contributed by atoms with Crippen molar-refractivity contribution in [2.45, 2.75) is 33.1 Å². The van der Waals surface area contributed by atoms with Gasteiger partial charge in [0.05, 0.1) is 30.3 Å². The number of fused-ring (bicyclic) bond motifs is 1. The molecular weight excluding hydrogens is 366 g/mol. The third-order valence-electron chi connectivity index (χ3n) is 5.21. The maximum absolute atomic E-state index is 5.44. The van der Waals surface area contributed by atoms with Crippen LogP contribution < -0.4 is 4.90 Å². The average molecular weight is 393 g/mol. The summed E-state index contributed by atoms with van der Waals surface area (Å²) in [5.74, 6) is 0.751. The van der Waals surface area contributed by atoms with Gasteiger partial charge < -0.3 is 9.64 Å². The van der Waals surface area contributed by atoms with Crippen LogP contribution in [-0.2, 0) is 11.8 Å². The number of hydrogen-bond acceptors (Lipinski definition) is 7. The van der Waals surface area contributed by atoms with Gasteiger partial charge in [-0.15, -0.1) is 0 Å². The highest BCUT2D eigenvalue weighted by Gasteiger charge is 2.21. The molecule has 0 aromatic carbocycles. The van der Waals surface area contributed by atoms with Crippen LogP contribution in [0.2, 0.25) is 0 Å². The summed E-state index contributed by atoms with van der Waals surface area (Å²) < 4.78 is 7.19. The molecule has 1 aliphatic heterocycles. The number of ether oxygens (including phenoxy) is 1.